The first-order valence-electron chi connectivity index (χ1n) is 8.35. The first-order valence-corrected chi connectivity index (χ1v) is 8.35. The van der Waals surface area contributed by atoms with Crippen molar-refractivity contribution in [3.05, 3.63) is 0 Å². The summed E-state index contributed by atoms with van der Waals surface area (Å²) in [6.45, 7) is 10.5. The smallest absolute Gasteiger partial charge is 0.0220 e. The van der Waals surface area contributed by atoms with Gasteiger partial charge < -0.3 is 9.80 Å². The molecule has 3 nitrogen and oxygen atoms in total. The first kappa shape index (κ1) is 13.8. The number of nitrogens with zero attached hydrogens (tertiary/aromatic N) is 3. The molecular formula is C16H31N3. The van der Waals surface area contributed by atoms with E-state index in [2.05, 4.69) is 28.7 Å². The second-order valence-electron chi connectivity index (χ2n) is 7.27. The maximum absolute atomic E-state index is 2.77. The molecule has 0 unspecified atom stereocenters. The van der Waals surface area contributed by atoms with Crippen molar-refractivity contribution in [1.82, 2.24) is 14.7 Å². The van der Waals surface area contributed by atoms with E-state index in [1.807, 2.05) is 0 Å². The quantitative estimate of drug-likeness (QED) is 0.773. The fourth-order valence-electron chi connectivity index (χ4n) is 4.30. The lowest BCUT2D eigenvalue weighted by Crippen LogP contribution is -2.54. The Bertz CT molecular complexity index is 290. The standard InChI is InChI=1S/C16H31N3/c1-16(19-10-3-4-11-19)7-12-18(13-8-16)14-15-6-5-9-17(15)2/h15H,3-14H2,1-2H3/t15-/m1/s1. The second-order valence-corrected chi connectivity index (χ2v) is 7.27. The van der Waals surface area contributed by atoms with Crippen LogP contribution in [0.3, 0.4) is 0 Å². The molecule has 0 aliphatic carbocycles. The van der Waals surface area contributed by atoms with E-state index in [0.717, 1.165) is 6.04 Å². The van der Waals surface area contributed by atoms with E-state index in [0.29, 0.717) is 5.54 Å². The van der Waals surface area contributed by atoms with Gasteiger partial charge in [0.1, 0.15) is 0 Å². The van der Waals surface area contributed by atoms with Crippen LogP contribution >= 0.6 is 0 Å². The summed E-state index contributed by atoms with van der Waals surface area (Å²) < 4.78 is 0. The zero-order chi connectivity index (χ0) is 13.3. The van der Waals surface area contributed by atoms with Crippen molar-refractivity contribution < 1.29 is 0 Å². The lowest BCUT2D eigenvalue weighted by Gasteiger charge is -2.46. The molecule has 0 aromatic rings. The zero-order valence-electron chi connectivity index (χ0n) is 12.9. The van der Waals surface area contributed by atoms with Gasteiger partial charge in [0, 0.05) is 18.1 Å². The monoisotopic (exact) mass is 265 g/mol. The molecular weight excluding hydrogens is 234 g/mol. The van der Waals surface area contributed by atoms with Crippen LogP contribution in [0.25, 0.3) is 0 Å². The highest BCUT2D eigenvalue weighted by molar-refractivity contribution is 4.94. The molecule has 3 heteroatoms. The third kappa shape index (κ3) is 2.98. The molecule has 3 fully saturated rings. The molecule has 0 amide bonds. The minimum absolute atomic E-state index is 0.509. The molecule has 0 aromatic heterocycles. The maximum Gasteiger partial charge on any atom is 0.0220 e. The Hall–Kier alpha value is -0.120. The van der Waals surface area contributed by atoms with Crippen LogP contribution in [0.15, 0.2) is 0 Å². The van der Waals surface area contributed by atoms with Gasteiger partial charge in [-0.15, -0.1) is 0 Å². The highest BCUT2D eigenvalue weighted by Gasteiger charge is 2.37. The number of hydrogen-bond acceptors (Lipinski definition) is 3. The highest BCUT2D eigenvalue weighted by Crippen LogP contribution is 2.32. The lowest BCUT2D eigenvalue weighted by molar-refractivity contribution is 0.0435. The lowest BCUT2D eigenvalue weighted by atomic mass is 9.87. The molecule has 0 spiro atoms. The number of hydrogen-bond donors (Lipinski definition) is 0. The molecule has 0 bridgehead atoms. The molecule has 110 valence electrons. The largest absolute Gasteiger partial charge is 0.302 e. The summed E-state index contributed by atoms with van der Waals surface area (Å²) in [4.78, 5) is 8.06. The van der Waals surface area contributed by atoms with Crippen LogP contribution < -0.4 is 0 Å². The number of likely N-dealkylation sites (N-methyl/N-ethyl adjacent to an activating group) is 1. The summed E-state index contributed by atoms with van der Waals surface area (Å²) in [5, 5.41) is 0. The van der Waals surface area contributed by atoms with Gasteiger partial charge in [-0.3, -0.25) is 4.90 Å². The summed E-state index contributed by atoms with van der Waals surface area (Å²) >= 11 is 0. The Morgan fingerprint density at radius 3 is 2.21 bits per heavy atom. The third-order valence-corrected chi connectivity index (χ3v) is 5.94. The molecule has 1 atom stereocenters. The van der Waals surface area contributed by atoms with Crippen LogP contribution in [-0.4, -0.2) is 72.6 Å². The predicted molar refractivity (Wildman–Crippen MR) is 80.5 cm³/mol. The first-order chi connectivity index (χ1) is 9.17. The number of rotatable bonds is 3. The van der Waals surface area contributed by atoms with E-state index in [4.69, 9.17) is 0 Å². The van der Waals surface area contributed by atoms with E-state index < -0.39 is 0 Å². The zero-order valence-corrected chi connectivity index (χ0v) is 12.9. The molecule has 0 saturated carbocycles. The van der Waals surface area contributed by atoms with Gasteiger partial charge in [0.15, 0.2) is 0 Å². The molecule has 0 N–H and O–H groups in total. The van der Waals surface area contributed by atoms with Gasteiger partial charge in [0.25, 0.3) is 0 Å². The van der Waals surface area contributed by atoms with Gasteiger partial charge in [0.05, 0.1) is 0 Å². The van der Waals surface area contributed by atoms with Crippen LogP contribution in [0.5, 0.6) is 0 Å². The summed E-state index contributed by atoms with van der Waals surface area (Å²) in [7, 11) is 2.30. The second kappa shape index (κ2) is 5.71. The van der Waals surface area contributed by atoms with Crippen molar-refractivity contribution in [3.63, 3.8) is 0 Å². The van der Waals surface area contributed by atoms with E-state index in [1.54, 1.807) is 0 Å². The number of piperidine rings is 1. The van der Waals surface area contributed by atoms with E-state index >= 15 is 0 Å². The minimum atomic E-state index is 0.509. The summed E-state index contributed by atoms with van der Waals surface area (Å²) in [6.07, 6.45) is 8.42. The maximum atomic E-state index is 2.77. The molecule has 0 aromatic carbocycles. The fraction of sp³-hybridized carbons (Fsp3) is 1.00. The van der Waals surface area contributed by atoms with E-state index in [-0.39, 0.29) is 0 Å². The van der Waals surface area contributed by atoms with Crippen molar-refractivity contribution in [1.29, 1.82) is 0 Å². The Balaban J connectivity index is 1.48. The molecule has 19 heavy (non-hydrogen) atoms. The highest BCUT2D eigenvalue weighted by atomic mass is 15.3. The van der Waals surface area contributed by atoms with Crippen molar-refractivity contribution >= 4 is 0 Å². The number of likely N-dealkylation sites (tertiary alicyclic amines) is 3. The van der Waals surface area contributed by atoms with E-state index in [9.17, 15) is 0 Å². The van der Waals surface area contributed by atoms with Crippen molar-refractivity contribution in [2.24, 2.45) is 0 Å². The average molecular weight is 265 g/mol. The summed E-state index contributed by atoms with van der Waals surface area (Å²) in [5.74, 6) is 0. The SMILES string of the molecule is CN1CCC[C@@H]1CN1CCC(C)(N2CCCC2)CC1. The van der Waals surface area contributed by atoms with Gasteiger partial charge in [-0.2, -0.15) is 0 Å². The van der Waals surface area contributed by atoms with Crippen molar-refractivity contribution in [2.45, 2.75) is 57.0 Å². The third-order valence-electron chi connectivity index (χ3n) is 5.94. The predicted octanol–water partition coefficient (Wildman–Crippen LogP) is 2.03. The average Bonchev–Trinajstić information content (AvgIpc) is 3.05. The molecule has 3 heterocycles. The van der Waals surface area contributed by atoms with Gasteiger partial charge in [-0.05, 0) is 85.2 Å². The van der Waals surface area contributed by atoms with E-state index in [1.165, 1.54) is 77.8 Å². The molecule has 3 saturated heterocycles. The molecule has 0 radical (unpaired) electrons. The topological polar surface area (TPSA) is 9.72 Å². The summed E-state index contributed by atoms with van der Waals surface area (Å²) in [6, 6.07) is 0.830. The Morgan fingerprint density at radius 2 is 1.63 bits per heavy atom. The van der Waals surface area contributed by atoms with Crippen LogP contribution in [0.2, 0.25) is 0 Å². The van der Waals surface area contributed by atoms with Crippen LogP contribution in [0.4, 0.5) is 0 Å². The van der Waals surface area contributed by atoms with Gasteiger partial charge >= 0.3 is 0 Å². The Morgan fingerprint density at radius 1 is 0.947 bits per heavy atom. The van der Waals surface area contributed by atoms with Gasteiger partial charge in [0.2, 0.25) is 0 Å². The van der Waals surface area contributed by atoms with Gasteiger partial charge in [-0.25, -0.2) is 0 Å². The van der Waals surface area contributed by atoms with Crippen molar-refractivity contribution in [2.75, 3.05) is 46.3 Å². The van der Waals surface area contributed by atoms with Crippen molar-refractivity contribution in [3.8, 4) is 0 Å². The Labute approximate surface area is 118 Å². The minimum Gasteiger partial charge on any atom is -0.302 e. The molecule has 3 aliphatic rings. The summed E-state index contributed by atoms with van der Waals surface area (Å²) in [5.41, 5.74) is 0.509. The van der Waals surface area contributed by atoms with Crippen LogP contribution in [-0.2, 0) is 0 Å². The molecule has 3 rings (SSSR count). The normalized spacial score (nSPS) is 34.1. The molecule has 3 aliphatic heterocycles. The van der Waals surface area contributed by atoms with Gasteiger partial charge in [-0.1, -0.05) is 0 Å². The van der Waals surface area contributed by atoms with Crippen LogP contribution in [0.1, 0.15) is 45.4 Å². The van der Waals surface area contributed by atoms with Crippen LogP contribution in [0, 0.1) is 0 Å². The fourth-order valence-corrected chi connectivity index (χ4v) is 4.30. The Kier molecular flexibility index (Phi) is 4.16.